The van der Waals surface area contributed by atoms with E-state index >= 15 is 0 Å². The van der Waals surface area contributed by atoms with Crippen LogP contribution in [0.5, 0.6) is 0 Å². The number of piperidine rings is 1. The van der Waals surface area contributed by atoms with Crippen molar-refractivity contribution in [3.05, 3.63) is 66.7 Å². The summed E-state index contributed by atoms with van der Waals surface area (Å²) in [6.45, 7) is 1.97. The summed E-state index contributed by atoms with van der Waals surface area (Å²) in [4.78, 5) is 16.2. The number of nitrogens with one attached hydrogen (secondary N) is 1. The first kappa shape index (κ1) is 16.6. The van der Waals surface area contributed by atoms with Gasteiger partial charge in [0.1, 0.15) is 23.0 Å². The van der Waals surface area contributed by atoms with Crippen LogP contribution in [0.3, 0.4) is 0 Å². The Bertz CT molecular complexity index is 1190. The standard InChI is InChI=1S/C22H19FN6/c23-18-4-2-1-3-17(18)21-26-19-5-6-20(28-15-11-16(28)13-25-12-15)27-22(19)29(21)14-7-9-24-10-8-14/h1-10,15-16,25H,11-13H2/t15-,16+. The molecule has 2 aliphatic rings. The Balaban J connectivity index is 1.58. The normalized spacial score (nSPS) is 20.7. The second-order valence-corrected chi connectivity index (χ2v) is 7.58. The third-order valence-corrected chi connectivity index (χ3v) is 5.88. The van der Waals surface area contributed by atoms with Gasteiger partial charge in [-0.05, 0) is 42.8 Å². The van der Waals surface area contributed by atoms with E-state index in [1.165, 1.54) is 12.5 Å². The van der Waals surface area contributed by atoms with Gasteiger partial charge in [0.05, 0.1) is 11.3 Å². The third kappa shape index (κ3) is 2.54. The Labute approximate surface area is 167 Å². The van der Waals surface area contributed by atoms with E-state index in [1.54, 1.807) is 24.5 Å². The average Bonchev–Trinajstić information content (AvgIpc) is 3.14. The van der Waals surface area contributed by atoms with E-state index in [2.05, 4.69) is 15.2 Å². The monoisotopic (exact) mass is 386 g/mol. The zero-order chi connectivity index (χ0) is 19.4. The van der Waals surface area contributed by atoms with Crippen molar-refractivity contribution in [2.45, 2.75) is 18.5 Å². The first-order chi connectivity index (χ1) is 14.3. The summed E-state index contributed by atoms with van der Waals surface area (Å²) in [7, 11) is 0. The fourth-order valence-electron chi connectivity index (χ4n) is 4.51. The van der Waals surface area contributed by atoms with Gasteiger partial charge >= 0.3 is 0 Å². The fraction of sp³-hybridized carbons (Fsp3) is 0.227. The van der Waals surface area contributed by atoms with E-state index in [0.29, 0.717) is 23.5 Å². The minimum absolute atomic E-state index is 0.304. The summed E-state index contributed by atoms with van der Waals surface area (Å²) in [5.41, 5.74) is 2.78. The molecular weight excluding hydrogens is 367 g/mol. The molecule has 0 amide bonds. The predicted octanol–water partition coefficient (Wildman–Crippen LogP) is 3.17. The highest BCUT2D eigenvalue weighted by Gasteiger charge is 2.42. The minimum atomic E-state index is -0.304. The van der Waals surface area contributed by atoms with Crippen LogP contribution in [0.4, 0.5) is 10.2 Å². The molecule has 2 fully saturated rings. The van der Waals surface area contributed by atoms with Crippen LogP contribution in [0.1, 0.15) is 6.42 Å². The maximum absolute atomic E-state index is 14.6. The summed E-state index contributed by atoms with van der Waals surface area (Å²) in [6, 6.07) is 15.5. The number of hydrogen-bond donors (Lipinski definition) is 1. The fourth-order valence-corrected chi connectivity index (χ4v) is 4.51. The number of imidazole rings is 1. The zero-order valence-corrected chi connectivity index (χ0v) is 15.7. The molecular formula is C22H19FN6. The maximum atomic E-state index is 14.6. The highest BCUT2D eigenvalue weighted by molar-refractivity contribution is 5.82. The highest BCUT2D eigenvalue weighted by Crippen LogP contribution is 2.35. The molecule has 5 heterocycles. The Kier molecular flexibility index (Phi) is 3.64. The smallest absolute Gasteiger partial charge is 0.167 e. The molecule has 2 saturated heterocycles. The summed E-state index contributed by atoms with van der Waals surface area (Å²) in [5.74, 6) is 1.19. The molecule has 4 aromatic rings. The lowest BCUT2D eigenvalue weighted by molar-refractivity contribution is 0.261. The molecule has 1 aromatic carbocycles. The van der Waals surface area contributed by atoms with Crippen molar-refractivity contribution in [2.75, 3.05) is 18.0 Å². The van der Waals surface area contributed by atoms with E-state index in [1.807, 2.05) is 34.9 Å². The number of hydrogen-bond acceptors (Lipinski definition) is 5. The number of benzene rings is 1. The van der Waals surface area contributed by atoms with Crippen LogP contribution in [-0.2, 0) is 0 Å². The number of pyridine rings is 2. The van der Waals surface area contributed by atoms with Gasteiger partial charge < -0.3 is 10.2 Å². The van der Waals surface area contributed by atoms with Crippen molar-refractivity contribution in [1.82, 2.24) is 24.8 Å². The van der Waals surface area contributed by atoms with Crippen LogP contribution in [-0.4, -0.2) is 44.7 Å². The molecule has 0 unspecified atom stereocenters. The molecule has 2 atom stereocenters. The number of rotatable bonds is 3. The van der Waals surface area contributed by atoms with Crippen molar-refractivity contribution in [2.24, 2.45) is 0 Å². The lowest BCUT2D eigenvalue weighted by atomic mass is 9.89. The van der Waals surface area contributed by atoms with Gasteiger partial charge in [0.2, 0.25) is 0 Å². The number of fused-ring (bicyclic) bond motifs is 3. The Morgan fingerprint density at radius 2 is 1.72 bits per heavy atom. The molecule has 1 N–H and O–H groups in total. The Morgan fingerprint density at radius 1 is 0.931 bits per heavy atom. The molecule has 29 heavy (non-hydrogen) atoms. The van der Waals surface area contributed by atoms with Gasteiger partial charge in [0.15, 0.2) is 5.65 Å². The summed E-state index contributed by atoms with van der Waals surface area (Å²) in [6.07, 6.45) is 4.65. The van der Waals surface area contributed by atoms with Gasteiger partial charge in [-0.3, -0.25) is 9.55 Å². The Morgan fingerprint density at radius 3 is 2.48 bits per heavy atom. The van der Waals surface area contributed by atoms with Crippen molar-refractivity contribution >= 4 is 17.0 Å². The van der Waals surface area contributed by atoms with Crippen molar-refractivity contribution in [3.63, 3.8) is 0 Å². The highest BCUT2D eigenvalue weighted by atomic mass is 19.1. The minimum Gasteiger partial charge on any atom is -0.348 e. The van der Waals surface area contributed by atoms with Gasteiger partial charge in [-0.2, -0.15) is 0 Å². The quantitative estimate of drug-likeness (QED) is 0.586. The van der Waals surface area contributed by atoms with Gasteiger partial charge in [0, 0.05) is 37.6 Å². The summed E-state index contributed by atoms with van der Waals surface area (Å²) >= 11 is 0. The molecule has 0 saturated carbocycles. The Hall–Kier alpha value is -3.32. The first-order valence-corrected chi connectivity index (χ1v) is 9.83. The topological polar surface area (TPSA) is 58.9 Å². The lowest BCUT2D eigenvalue weighted by Gasteiger charge is -2.53. The SMILES string of the molecule is Fc1ccccc1-c1nc2ccc(N3[C@@H]4CNC[C@H]3C4)nc2n1-c1ccncc1. The van der Waals surface area contributed by atoms with E-state index in [-0.39, 0.29) is 5.82 Å². The van der Waals surface area contributed by atoms with E-state index in [9.17, 15) is 4.39 Å². The molecule has 0 aliphatic carbocycles. The molecule has 0 spiro atoms. The molecule has 6 nitrogen and oxygen atoms in total. The van der Waals surface area contributed by atoms with Crippen molar-refractivity contribution < 1.29 is 4.39 Å². The number of piperazine rings is 1. The van der Waals surface area contributed by atoms with Gasteiger partial charge in [0.25, 0.3) is 0 Å². The first-order valence-electron chi connectivity index (χ1n) is 9.83. The average molecular weight is 386 g/mol. The van der Waals surface area contributed by atoms with Crippen LogP contribution >= 0.6 is 0 Å². The molecule has 7 heteroatoms. The van der Waals surface area contributed by atoms with Crippen molar-refractivity contribution in [3.8, 4) is 17.1 Å². The summed E-state index contributed by atoms with van der Waals surface area (Å²) < 4.78 is 16.5. The van der Waals surface area contributed by atoms with E-state index in [4.69, 9.17) is 9.97 Å². The molecule has 0 radical (unpaired) electrons. The van der Waals surface area contributed by atoms with Crippen LogP contribution in [0.15, 0.2) is 60.9 Å². The maximum Gasteiger partial charge on any atom is 0.167 e. The number of aromatic nitrogens is 4. The number of halogens is 1. The lowest BCUT2D eigenvalue weighted by Crippen LogP contribution is -2.68. The molecule has 144 valence electrons. The summed E-state index contributed by atoms with van der Waals surface area (Å²) in [5, 5.41) is 3.45. The van der Waals surface area contributed by atoms with Crippen molar-refractivity contribution in [1.29, 1.82) is 0 Å². The van der Waals surface area contributed by atoms with Crippen LogP contribution in [0.25, 0.3) is 28.2 Å². The van der Waals surface area contributed by atoms with Gasteiger partial charge in [-0.1, -0.05) is 12.1 Å². The predicted molar refractivity (Wildman–Crippen MR) is 110 cm³/mol. The van der Waals surface area contributed by atoms with Gasteiger partial charge in [-0.25, -0.2) is 14.4 Å². The number of nitrogens with zero attached hydrogens (tertiary/aromatic N) is 5. The van der Waals surface area contributed by atoms with Crippen LogP contribution in [0.2, 0.25) is 0 Å². The molecule has 2 aliphatic heterocycles. The van der Waals surface area contributed by atoms with Gasteiger partial charge in [-0.15, -0.1) is 0 Å². The molecule has 2 bridgehead atoms. The van der Waals surface area contributed by atoms with E-state index in [0.717, 1.165) is 35.8 Å². The molecule has 3 aromatic heterocycles. The van der Waals surface area contributed by atoms with E-state index < -0.39 is 0 Å². The number of anilines is 1. The third-order valence-electron chi connectivity index (χ3n) is 5.88. The van der Waals surface area contributed by atoms with Crippen LogP contribution in [0, 0.1) is 5.82 Å². The zero-order valence-electron chi connectivity index (χ0n) is 15.7. The largest absolute Gasteiger partial charge is 0.348 e. The molecule has 6 rings (SSSR count). The second kappa shape index (κ2) is 6.35. The van der Waals surface area contributed by atoms with Crippen LogP contribution < -0.4 is 10.2 Å². The second-order valence-electron chi connectivity index (χ2n) is 7.58.